The zero-order chi connectivity index (χ0) is 11.5. The molecule has 1 aromatic heterocycles. The quantitative estimate of drug-likeness (QED) is 0.847. The van der Waals surface area contributed by atoms with E-state index in [9.17, 15) is 4.39 Å². The molecule has 0 bridgehead atoms. The number of hydrogen-bond donors (Lipinski definition) is 0. The maximum Gasteiger partial charge on any atom is 0.229 e. The highest BCUT2D eigenvalue weighted by atomic mass is 79.9. The van der Waals surface area contributed by atoms with Crippen LogP contribution in [0.1, 0.15) is 0 Å². The lowest BCUT2D eigenvalue weighted by atomic mass is 10.3. The lowest BCUT2D eigenvalue weighted by molar-refractivity contribution is 0.628. The molecule has 0 N–H and O–H groups in total. The monoisotopic (exact) mass is 281 g/mol. The molecule has 2 rings (SSSR count). The van der Waals surface area contributed by atoms with Crippen molar-refractivity contribution in [1.82, 2.24) is 9.97 Å². The van der Waals surface area contributed by atoms with Gasteiger partial charge in [-0.15, -0.1) is 0 Å². The van der Waals surface area contributed by atoms with E-state index in [4.69, 9.17) is 0 Å². The Morgan fingerprint density at radius 2 is 1.94 bits per heavy atom. The van der Waals surface area contributed by atoms with Crippen molar-refractivity contribution in [3.63, 3.8) is 0 Å². The van der Waals surface area contributed by atoms with Gasteiger partial charge in [0.1, 0.15) is 5.82 Å². The van der Waals surface area contributed by atoms with Gasteiger partial charge < -0.3 is 4.90 Å². The maximum absolute atomic E-state index is 13.0. The Morgan fingerprint density at radius 3 is 2.56 bits per heavy atom. The number of hydrogen-bond acceptors (Lipinski definition) is 3. The molecule has 0 unspecified atom stereocenters. The lowest BCUT2D eigenvalue weighted by Crippen LogP contribution is -2.12. The van der Waals surface area contributed by atoms with Crippen molar-refractivity contribution in [2.75, 3.05) is 11.9 Å². The minimum atomic E-state index is -0.276. The van der Waals surface area contributed by atoms with E-state index < -0.39 is 0 Å². The van der Waals surface area contributed by atoms with Gasteiger partial charge in [-0.05, 0) is 34.1 Å². The van der Waals surface area contributed by atoms with Crippen molar-refractivity contribution in [1.29, 1.82) is 0 Å². The van der Waals surface area contributed by atoms with Crippen molar-refractivity contribution >= 4 is 27.6 Å². The van der Waals surface area contributed by atoms with E-state index >= 15 is 0 Å². The highest BCUT2D eigenvalue weighted by molar-refractivity contribution is 9.10. The van der Waals surface area contributed by atoms with Crippen LogP contribution in [0.3, 0.4) is 0 Å². The number of halogens is 2. The third kappa shape index (κ3) is 2.36. The van der Waals surface area contributed by atoms with Gasteiger partial charge in [-0.2, -0.15) is 0 Å². The van der Waals surface area contributed by atoms with E-state index in [1.54, 1.807) is 36.5 Å². The van der Waals surface area contributed by atoms with Gasteiger partial charge in [0.25, 0.3) is 0 Å². The average Bonchev–Trinajstić information content (AvgIpc) is 2.29. The van der Waals surface area contributed by atoms with Gasteiger partial charge in [-0.1, -0.05) is 6.07 Å². The zero-order valence-electron chi connectivity index (χ0n) is 8.56. The topological polar surface area (TPSA) is 29.0 Å². The van der Waals surface area contributed by atoms with Gasteiger partial charge >= 0.3 is 0 Å². The summed E-state index contributed by atoms with van der Waals surface area (Å²) in [4.78, 5) is 9.98. The number of aromatic nitrogens is 2. The van der Waals surface area contributed by atoms with E-state index in [-0.39, 0.29) is 5.82 Å². The fraction of sp³-hybridized carbons (Fsp3) is 0.0909. The Hall–Kier alpha value is -1.49. The van der Waals surface area contributed by atoms with Crippen LogP contribution in [0, 0.1) is 5.82 Å². The second-order valence-corrected chi connectivity index (χ2v) is 4.16. The first-order chi connectivity index (χ1) is 7.66. The summed E-state index contributed by atoms with van der Waals surface area (Å²) in [5.74, 6) is 0.246. The van der Waals surface area contributed by atoms with E-state index in [1.165, 1.54) is 12.1 Å². The lowest BCUT2D eigenvalue weighted by Gasteiger charge is -2.16. The van der Waals surface area contributed by atoms with Crippen LogP contribution in [-0.2, 0) is 0 Å². The first-order valence-corrected chi connectivity index (χ1v) is 5.43. The van der Waals surface area contributed by atoms with Crippen LogP contribution < -0.4 is 4.90 Å². The standard InChI is InChI=1S/C11H9BrFN3/c1-16(10-4-2-3-9(13)5-10)11-14-6-8(12)7-15-11/h2-7H,1H3. The van der Waals surface area contributed by atoms with E-state index in [2.05, 4.69) is 25.9 Å². The van der Waals surface area contributed by atoms with E-state index in [1.807, 2.05) is 0 Å². The molecule has 0 aliphatic heterocycles. The van der Waals surface area contributed by atoms with E-state index in [0.717, 1.165) is 4.47 Å². The third-order valence-corrected chi connectivity index (χ3v) is 2.51. The molecule has 0 radical (unpaired) electrons. The molecule has 0 fully saturated rings. The van der Waals surface area contributed by atoms with Crippen molar-refractivity contribution in [2.24, 2.45) is 0 Å². The zero-order valence-corrected chi connectivity index (χ0v) is 10.1. The molecule has 3 nitrogen and oxygen atoms in total. The maximum atomic E-state index is 13.0. The van der Waals surface area contributed by atoms with Crippen molar-refractivity contribution in [3.8, 4) is 0 Å². The molecule has 2 aromatic rings. The van der Waals surface area contributed by atoms with Crippen LogP contribution in [0.15, 0.2) is 41.1 Å². The fourth-order valence-electron chi connectivity index (χ4n) is 1.28. The van der Waals surface area contributed by atoms with Crippen LogP contribution in [0.25, 0.3) is 0 Å². The number of benzene rings is 1. The molecule has 0 saturated carbocycles. The molecule has 0 aliphatic rings. The molecule has 0 saturated heterocycles. The molecule has 82 valence electrons. The second-order valence-electron chi connectivity index (χ2n) is 3.24. The summed E-state index contributed by atoms with van der Waals surface area (Å²) in [5.41, 5.74) is 0.710. The SMILES string of the molecule is CN(c1cccc(F)c1)c1ncc(Br)cn1. The summed E-state index contributed by atoms with van der Waals surface area (Å²) in [5, 5.41) is 0. The Morgan fingerprint density at radius 1 is 1.25 bits per heavy atom. The molecule has 0 atom stereocenters. The molecule has 0 amide bonds. The van der Waals surface area contributed by atoms with Gasteiger partial charge in [-0.3, -0.25) is 0 Å². The highest BCUT2D eigenvalue weighted by Crippen LogP contribution is 2.20. The predicted octanol–water partition coefficient (Wildman–Crippen LogP) is 3.15. The summed E-state index contributed by atoms with van der Waals surface area (Å²) in [6.45, 7) is 0. The van der Waals surface area contributed by atoms with Gasteiger partial charge in [0.2, 0.25) is 5.95 Å². The Labute approximate surface area is 101 Å². The van der Waals surface area contributed by atoms with Crippen LogP contribution in [0.4, 0.5) is 16.0 Å². The summed E-state index contributed by atoms with van der Waals surface area (Å²) in [7, 11) is 1.79. The molecule has 0 spiro atoms. The van der Waals surface area contributed by atoms with Crippen LogP contribution in [0.5, 0.6) is 0 Å². The summed E-state index contributed by atoms with van der Waals surface area (Å²) >= 11 is 3.26. The number of anilines is 2. The first-order valence-electron chi connectivity index (χ1n) is 4.63. The largest absolute Gasteiger partial charge is 0.314 e. The van der Waals surface area contributed by atoms with Gasteiger partial charge in [0.15, 0.2) is 0 Å². The first kappa shape index (κ1) is 11.0. The molecule has 16 heavy (non-hydrogen) atoms. The second kappa shape index (κ2) is 4.57. The van der Waals surface area contributed by atoms with Gasteiger partial charge in [-0.25, -0.2) is 14.4 Å². The van der Waals surface area contributed by atoms with Gasteiger partial charge in [0.05, 0.1) is 4.47 Å². The Balaban J connectivity index is 2.31. The molecular weight excluding hydrogens is 273 g/mol. The van der Waals surface area contributed by atoms with Crippen LogP contribution in [0.2, 0.25) is 0 Å². The average molecular weight is 282 g/mol. The third-order valence-electron chi connectivity index (χ3n) is 2.10. The molecule has 1 heterocycles. The van der Waals surface area contributed by atoms with Gasteiger partial charge in [0, 0.05) is 25.1 Å². The summed E-state index contributed by atoms with van der Waals surface area (Å²) in [6.07, 6.45) is 3.30. The molecule has 1 aromatic carbocycles. The normalized spacial score (nSPS) is 10.2. The van der Waals surface area contributed by atoms with Crippen molar-refractivity contribution in [3.05, 3.63) is 46.9 Å². The minimum absolute atomic E-state index is 0.276. The van der Waals surface area contributed by atoms with Crippen LogP contribution in [-0.4, -0.2) is 17.0 Å². The number of nitrogens with zero attached hydrogens (tertiary/aromatic N) is 3. The van der Waals surface area contributed by atoms with Crippen molar-refractivity contribution < 1.29 is 4.39 Å². The summed E-state index contributed by atoms with van der Waals surface area (Å²) < 4.78 is 13.8. The Bertz CT molecular complexity index is 487. The van der Waals surface area contributed by atoms with Crippen molar-refractivity contribution in [2.45, 2.75) is 0 Å². The molecular formula is C11H9BrFN3. The smallest absolute Gasteiger partial charge is 0.229 e. The van der Waals surface area contributed by atoms with E-state index in [0.29, 0.717) is 11.6 Å². The minimum Gasteiger partial charge on any atom is -0.314 e. The number of rotatable bonds is 2. The molecule has 0 aliphatic carbocycles. The highest BCUT2D eigenvalue weighted by Gasteiger charge is 2.06. The van der Waals surface area contributed by atoms with Crippen LogP contribution >= 0.6 is 15.9 Å². The predicted molar refractivity (Wildman–Crippen MR) is 64.2 cm³/mol. The fourth-order valence-corrected chi connectivity index (χ4v) is 1.48. The Kier molecular flexibility index (Phi) is 3.14. The summed E-state index contributed by atoms with van der Waals surface area (Å²) in [6, 6.07) is 6.29. The molecule has 5 heteroatoms.